The Kier molecular flexibility index (Phi) is 5.11. The maximum Gasteiger partial charge on any atom is 0.240 e. The summed E-state index contributed by atoms with van der Waals surface area (Å²) in [6.07, 6.45) is 1.63. The van der Waals surface area contributed by atoms with E-state index in [2.05, 4.69) is 9.71 Å². The lowest BCUT2D eigenvalue weighted by atomic mass is 10.0. The Labute approximate surface area is 150 Å². The van der Waals surface area contributed by atoms with E-state index in [4.69, 9.17) is 0 Å². The molecule has 0 bridgehead atoms. The molecule has 0 fully saturated rings. The van der Waals surface area contributed by atoms with Crippen molar-refractivity contribution >= 4 is 10.0 Å². The zero-order valence-electron chi connectivity index (χ0n) is 13.9. The second-order valence-electron chi connectivity index (χ2n) is 5.78. The Balaban J connectivity index is 1.86. The predicted octanol–water partition coefficient (Wildman–Crippen LogP) is 3.81. The number of rotatable bonds is 5. The Bertz CT molecular complexity index is 1040. The molecule has 3 aromatic rings. The number of pyridine rings is 1. The van der Waals surface area contributed by atoms with Crippen LogP contribution in [0.5, 0.6) is 0 Å². The van der Waals surface area contributed by atoms with Crippen molar-refractivity contribution in [1.29, 1.82) is 0 Å². The van der Waals surface area contributed by atoms with E-state index in [1.54, 1.807) is 18.3 Å². The molecule has 0 radical (unpaired) electrons. The second kappa shape index (κ2) is 7.31. The number of nitrogens with one attached hydrogen (secondary N) is 1. The normalized spacial score (nSPS) is 11.5. The summed E-state index contributed by atoms with van der Waals surface area (Å²) < 4.78 is 53.4. The summed E-state index contributed by atoms with van der Waals surface area (Å²) in [7, 11) is -3.99. The van der Waals surface area contributed by atoms with E-state index in [0.717, 1.165) is 23.3 Å². The van der Waals surface area contributed by atoms with Crippen LogP contribution in [0.4, 0.5) is 8.78 Å². The minimum absolute atomic E-state index is 0.0294. The molecule has 0 aliphatic heterocycles. The topological polar surface area (TPSA) is 59.1 Å². The van der Waals surface area contributed by atoms with Crippen LogP contribution < -0.4 is 4.72 Å². The zero-order valence-corrected chi connectivity index (χ0v) is 14.7. The molecule has 0 saturated heterocycles. The molecular weight excluding hydrogens is 358 g/mol. The van der Waals surface area contributed by atoms with Crippen molar-refractivity contribution in [3.8, 4) is 11.3 Å². The lowest BCUT2D eigenvalue weighted by molar-refractivity contribution is 0.504. The molecule has 0 spiro atoms. The van der Waals surface area contributed by atoms with Gasteiger partial charge in [0, 0.05) is 18.3 Å². The van der Waals surface area contributed by atoms with Gasteiger partial charge in [0.1, 0.15) is 0 Å². The molecular formula is C19H16F2N2O2S. The molecule has 2 aromatic carbocycles. The standard InChI is InChI=1S/C19H16F2N2O2S/c1-13-4-6-14(7-5-13)19-15(3-2-10-22-19)12-23-26(24,25)16-8-9-17(20)18(21)11-16/h2-11,23H,12H2,1H3. The molecule has 26 heavy (non-hydrogen) atoms. The van der Waals surface area contributed by atoms with Gasteiger partial charge in [-0.3, -0.25) is 4.98 Å². The lowest BCUT2D eigenvalue weighted by Crippen LogP contribution is -2.24. The van der Waals surface area contributed by atoms with Gasteiger partial charge < -0.3 is 0 Å². The highest BCUT2D eigenvalue weighted by molar-refractivity contribution is 7.89. The van der Waals surface area contributed by atoms with Crippen molar-refractivity contribution in [2.45, 2.75) is 18.4 Å². The lowest BCUT2D eigenvalue weighted by Gasteiger charge is -2.11. The van der Waals surface area contributed by atoms with Gasteiger partial charge in [-0.25, -0.2) is 21.9 Å². The first-order valence-corrected chi connectivity index (χ1v) is 9.31. The van der Waals surface area contributed by atoms with Crippen molar-refractivity contribution in [2.24, 2.45) is 0 Å². The van der Waals surface area contributed by atoms with Gasteiger partial charge in [-0.1, -0.05) is 35.9 Å². The zero-order chi connectivity index (χ0) is 18.7. The number of benzene rings is 2. The van der Waals surface area contributed by atoms with E-state index in [9.17, 15) is 17.2 Å². The Morgan fingerprint density at radius 3 is 2.42 bits per heavy atom. The van der Waals surface area contributed by atoms with Crippen molar-refractivity contribution < 1.29 is 17.2 Å². The van der Waals surface area contributed by atoms with Gasteiger partial charge in [0.25, 0.3) is 0 Å². The number of hydrogen-bond donors (Lipinski definition) is 1. The van der Waals surface area contributed by atoms with Crippen LogP contribution in [0.15, 0.2) is 65.7 Å². The van der Waals surface area contributed by atoms with Crippen LogP contribution >= 0.6 is 0 Å². The molecule has 4 nitrogen and oxygen atoms in total. The van der Waals surface area contributed by atoms with Crippen LogP contribution in [0.2, 0.25) is 0 Å². The third-order valence-corrected chi connectivity index (χ3v) is 5.27. The summed E-state index contributed by atoms with van der Waals surface area (Å²) in [6, 6.07) is 13.6. The predicted molar refractivity (Wildman–Crippen MR) is 94.8 cm³/mol. The maximum atomic E-state index is 13.3. The van der Waals surface area contributed by atoms with Gasteiger partial charge in [0.05, 0.1) is 10.6 Å². The number of aryl methyl sites for hydroxylation is 1. The molecule has 7 heteroatoms. The molecule has 0 aliphatic rings. The smallest absolute Gasteiger partial charge is 0.240 e. The Hall–Kier alpha value is -2.64. The van der Waals surface area contributed by atoms with E-state index >= 15 is 0 Å². The van der Waals surface area contributed by atoms with Gasteiger partial charge in [-0.15, -0.1) is 0 Å². The SMILES string of the molecule is Cc1ccc(-c2ncccc2CNS(=O)(=O)c2ccc(F)c(F)c2)cc1. The molecule has 0 unspecified atom stereocenters. The second-order valence-corrected chi connectivity index (χ2v) is 7.54. The number of sulfonamides is 1. The van der Waals surface area contributed by atoms with Gasteiger partial charge >= 0.3 is 0 Å². The first kappa shape index (κ1) is 18.2. The quantitative estimate of drug-likeness (QED) is 0.739. The van der Waals surface area contributed by atoms with Gasteiger partial charge in [-0.2, -0.15) is 0 Å². The van der Waals surface area contributed by atoms with Crippen molar-refractivity contribution in [3.63, 3.8) is 0 Å². The van der Waals surface area contributed by atoms with E-state index in [0.29, 0.717) is 17.3 Å². The molecule has 0 amide bonds. The largest absolute Gasteiger partial charge is 0.256 e. The molecule has 3 rings (SSSR count). The van der Waals surface area contributed by atoms with E-state index in [1.807, 2.05) is 31.2 Å². The highest BCUT2D eigenvalue weighted by Crippen LogP contribution is 2.22. The number of nitrogens with zero attached hydrogens (tertiary/aromatic N) is 1. The van der Waals surface area contributed by atoms with E-state index in [-0.39, 0.29) is 11.4 Å². The highest BCUT2D eigenvalue weighted by atomic mass is 32.2. The van der Waals surface area contributed by atoms with Crippen molar-refractivity contribution in [3.05, 3.63) is 83.6 Å². The third kappa shape index (κ3) is 3.95. The molecule has 1 heterocycles. The molecule has 1 N–H and O–H groups in total. The average Bonchev–Trinajstić information content (AvgIpc) is 2.63. The minimum Gasteiger partial charge on any atom is -0.256 e. The van der Waals surface area contributed by atoms with Crippen LogP contribution in [-0.2, 0) is 16.6 Å². The monoisotopic (exact) mass is 374 g/mol. The van der Waals surface area contributed by atoms with Crippen LogP contribution in [0.1, 0.15) is 11.1 Å². The van der Waals surface area contributed by atoms with E-state index < -0.39 is 21.7 Å². The first-order valence-electron chi connectivity index (χ1n) is 7.82. The summed E-state index contributed by atoms with van der Waals surface area (Å²) >= 11 is 0. The maximum absolute atomic E-state index is 13.3. The average molecular weight is 374 g/mol. The minimum atomic E-state index is -3.99. The summed E-state index contributed by atoms with van der Waals surface area (Å²) in [5, 5.41) is 0. The summed E-state index contributed by atoms with van der Waals surface area (Å²) in [5.74, 6) is -2.31. The summed E-state index contributed by atoms with van der Waals surface area (Å²) in [4.78, 5) is 4.00. The van der Waals surface area contributed by atoms with Crippen LogP contribution in [0.3, 0.4) is 0 Å². The fourth-order valence-corrected chi connectivity index (χ4v) is 3.47. The first-order chi connectivity index (χ1) is 12.4. The Morgan fingerprint density at radius 1 is 1.00 bits per heavy atom. The third-order valence-electron chi connectivity index (χ3n) is 3.87. The molecule has 134 valence electrons. The Morgan fingerprint density at radius 2 is 1.73 bits per heavy atom. The van der Waals surface area contributed by atoms with Crippen LogP contribution in [-0.4, -0.2) is 13.4 Å². The summed E-state index contributed by atoms with van der Waals surface area (Å²) in [6.45, 7) is 1.94. The summed E-state index contributed by atoms with van der Waals surface area (Å²) in [5.41, 5.74) is 3.28. The van der Waals surface area contributed by atoms with Gasteiger partial charge in [0.15, 0.2) is 11.6 Å². The van der Waals surface area contributed by atoms with Gasteiger partial charge in [-0.05, 0) is 36.8 Å². The number of aromatic nitrogens is 1. The van der Waals surface area contributed by atoms with Crippen molar-refractivity contribution in [2.75, 3.05) is 0 Å². The molecule has 0 atom stereocenters. The van der Waals surface area contributed by atoms with Crippen molar-refractivity contribution in [1.82, 2.24) is 9.71 Å². The molecule has 0 saturated carbocycles. The number of halogens is 2. The van der Waals surface area contributed by atoms with E-state index in [1.165, 1.54) is 0 Å². The molecule has 0 aliphatic carbocycles. The van der Waals surface area contributed by atoms with Crippen LogP contribution in [0, 0.1) is 18.6 Å². The fourth-order valence-electron chi connectivity index (χ4n) is 2.45. The highest BCUT2D eigenvalue weighted by Gasteiger charge is 2.17. The number of hydrogen-bond acceptors (Lipinski definition) is 3. The van der Waals surface area contributed by atoms with Gasteiger partial charge in [0.2, 0.25) is 10.0 Å². The fraction of sp³-hybridized carbons (Fsp3) is 0.105. The van der Waals surface area contributed by atoms with Crippen LogP contribution in [0.25, 0.3) is 11.3 Å². The molecule has 1 aromatic heterocycles.